The molecule has 1 unspecified atom stereocenters. The van der Waals surface area contributed by atoms with Crippen LogP contribution in [0.1, 0.15) is 30.6 Å². The predicted molar refractivity (Wildman–Crippen MR) is 76.1 cm³/mol. The topological polar surface area (TPSA) is 29.1 Å². The first-order chi connectivity index (χ1) is 7.90. The molecular weight excluding hydrogens is 346 g/mol. The number of halogens is 2. The van der Waals surface area contributed by atoms with Crippen molar-refractivity contribution in [2.45, 2.75) is 20.3 Å². The number of nitrogens with one attached hydrogen (secondary N) is 1. The summed E-state index contributed by atoms with van der Waals surface area (Å²) in [6, 6.07) is 5.58. The van der Waals surface area contributed by atoms with Gasteiger partial charge in [-0.2, -0.15) is 0 Å². The van der Waals surface area contributed by atoms with Crippen molar-refractivity contribution in [3.05, 3.63) is 32.7 Å². The summed E-state index contributed by atoms with van der Waals surface area (Å²) < 4.78 is 1.78. The molecule has 1 aliphatic carbocycles. The van der Waals surface area contributed by atoms with Crippen LogP contribution in [0.5, 0.6) is 0 Å². The van der Waals surface area contributed by atoms with Crippen LogP contribution >= 0.6 is 31.9 Å². The summed E-state index contributed by atoms with van der Waals surface area (Å²) in [6.45, 7) is 5.24. The molecule has 1 N–H and O–H groups in total. The normalized spacial score (nSPS) is 21.1. The van der Waals surface area contributed by atoms with Gasteiger partial charge in [0, 0.05) is 15.5 Å². The molecule has 1 aromatic carbocycles. The molecule has 2 nitrogen and oxygen atoms in total. The number of carbonyl (C=O) groups excluding carboxylic acids is 1. The minimum absolute atomic E-state index is 0.00734. The summed E-state index contributed by atoms with van der Waals surface area (Å²) in [4.78, 5) is 12.0. The number of benzene rings is 1. The second kappa shape index (κ2) is 4.73. The van der Waals surface area contributed by atoms with Gasteiger partial charge >= 0.3 is 0 Å². The van der Waals surface area contributed by atoms with Crippen molar-refractivity contribution in [3.8, 4) is 0 Å². The van der Waals surface area contributed by atoms with Gasteiger partial charge in [-0.15, -0.1) is 0 Å². The lowest BCUT2D eigenvalue weighted by molar-refractivity contribution is 0.0950. The molecule has 0 heterocycles. The maximum absolute atomic E-state index is 12.0. The zero-order chi connectivity index (χ0) is 12.6. The van der Waals surface area contributed by atoms with Gasteiger partial charge in [-0.05, 0) is 51.9 Å². The predicted octanol–water partition coefficient (Wildman–Crippen LogP) is 3.99. The zero-order valence-corrected chi connectivity index (χ0v) is 13.1. The molecular formula is C13H15Br2NO. The molecule has 0 aromatic heterocycles. The Balaban J connectivity index is 1.96. The van der Waals surface area contributed by atoms with E-state index in [2.05, 4.69) is 51.0 Å². The van der Waals surface area contributed by atoms with Crippen molar-refractivity contribution >= 4 is 37.8 Å². The van der Waals surface area contributed by atoms with Gasteiger partial charge < -0.3 is 5.32 Å². The van der Waals surface area contributed by atoms with Crippen LogP contribution in [-0.2, 0) is 0 Å². The Morgan fingerprint density at radius 2 is 2.12 bits per heavy atom. The van der Waals surface area contributed by atoms with Gasteiger partial charge in [0.05, 0.1) is 5.56 Å². The highest BCUT2D eigenvalue weighted by atomic mass is 79.9. The number of amides is 1. The Bertz CT molecular complexity index is 457. The molecule has 0 saturated heterocycles. The zero-order valence-electron chi connectivity index (χ0n) is 9.89. The summed E-state index contributed by atoms with van der Waals surface area (Å²) in [5.74, 6) is 0.618. The van der Waals surface area contributed by atoms with Crippen LogP contribution in [0.15, 0.2) is 27.1 Å². The number of carbonyl (C=O) groups is 1. The van der Waals surface area contributed by atoms with Gasteiger partial charge in [0.25, 0.3) is 5.91 Å². The third-order valence-electron chi connectivity index (χ3n) is 3.40. The Morgan fingerprint density at radius 3 is 2.65 bits per heavy atom. The molecule has 0 bridgehead atoms. The van der Waals surface area contributed by atoms with Gasteiger partial charge in [-0.3, -0.25) is 4.79 Å². The van der Waals surface area contributed by atoms with Crippen LogP contribution in [0.4, 0.5) is 0 Å². The molecule has 1 amide bonds. The lowest BCUT2D eigenvalue weighted by atomic mass is 10.1. The van der Waals surface area contributed by atoms with Crippen molar-refractivity contribution in [2.75, 3.05) is 6.54 Å². The van der Waals surface area contributed by atoms with E-state index < -0.39 is 0 Å². The van der Waals surface area contributed by atoms with Crippen LogP contribution in [0.2, 0.25) is 0 Å². The fraction of sp³-hybridized carbons (Fsp3) is 0.462. The fourth-order valence-electron chi connectivity index (χ4n) is 1.91. The molecule has 0 radical (unpaired) electrons. The number of rotatable bonds is 3. The van der Waals surface area contributed by atoms with Gasteiger partial charge in [-0.1, -0.05) is 29.8 Å². The quantitative estimate of drug-likeness (QED) is 0.867. The van der Waals surface area contributed by atoms with Gasteiger partial charge in [0.1, 0.15) is 0 Å². The van der Waals surface area contributed by atoms with Crippen LogP contribution in [0.25, 0.3) is 0 Å². The average Bonchev–Trinajstić information content (AvgIpc) is 2.83. The molecule has 1 fully saturated rings. The van der Waals surface area contributed by atoms with Crippen LogP contribution in [0, 0.1) is 11.3 Å². The smallest absolute Gasteiger partial charge is 0.252 e. The second-order valence-electron chi connectivity index (χ2n) is 5.22. The van der Waals surface area contributed by atoms with E-state index in [1.165, 1.54) is 6.42 Å². The molecule has 2 rings (SSSR count). The molecule has 1 atom stereocenters. The highest BCUT2D eigenvalue weighted by Gasteiger charge is 2.45. The first-order valence-electron chi connectivity index (χ1n) is 5.63. The van der Waals surface area contributed by atoms with E-state index in [0.29, 0.717) is 16.9 Å². The maximum Gasteiger partial charge on any atom is 0.252 e. The minimum atomic E-state index is -0.00734. The van der Waals surface area contributed by atoms with E-state index in [1.807, 2.05) is 18.2 Å². The van der Waals surface area contributed by atoms with Crippen molar-refractivity contribution in [2.24, 2.45) is 11.3 Å². The standard InChI is InChI=1S/C13H15Br2NO/c1-13(2)6-8(13)7-16-12(17)10-4-3-9(14)5-11(10)15/h3-5,8H,6-7H2,1-2H3,(H,16,17). The third-order valence-corrected chi connectivity index (χ3v) is 4.55. The van der Waals surface area contributed by atoms with E-state index in [4.69, 9.17) is 0 Å². The van der Waals surface area contributed by atoms with Gasteiger partial charge in [0.15, 0.2) is 0 Å². The lowest BCUT2D eigenvalue weighted by Crippen LogP contribution is -2.26. The molecule has 0 aliphatic heterocycles. The highest BCUT2D eigenvalue weighted by molar-refractivity contribution is 9.11. The largest absolute Gasteiger partial charge is 0.352 e. The summed E-state index contributed by atoms with van der Waals surface area (Å²) in [5, 5.41) is 2.99. The van der Waals surface area contributed by atoms with Crippen molar-refractivity contribution < 1.29 is 4.79 Å². The highest BCUT2D eigenvalue weighted by Crippen LogP contribution is 2.51. The monoisotopic (exact) mass is 359 g/mol. The Hall–Kier alpha value is -0.350. The molecule has 17 heavy (non-hydrogen) atoms. The van der Waals surface area contributed by atoms with Crippen molar-refractivity contribution in [1.29, 1.82) is 0 Å². The number of hydrogen-bond acceptors (Lipinski definition) is 1. The second-order valence-corrected chi connectivity index (χ2v) is 6.99. The summed E-state index contributed by atoms with van der Waals surface area (Å²) >= 11 is 6.77. The van der Waals surface area contributed by atoms with E-state index in [9.17, 15) is 4.79 Å². The van der Waals surface area contributed by atoms with E-state index in [-0.39, 0.29) is 5.91 Å². The Kier molecular flexibility index (Phi) is 3.64. The molecule has 1 aliphatic rings. The Labute approximate surface area is 118 Å². The molecule has 1 saturated carbocycles. The average molecular weight is 361 g/mol. The third kappa shape index (κ3) is 3.10. The van der Waals surface area contributed by atoms with Crippen molar-refractivity contribution in [1.82, 2.24) is 5.32 Å². The van der Waals surface area contributed by atoms with Crippen LogP contribution in [-0.4, -0.2) is 12.5 Å². The molecule has 0 spiro atoms. The Morgan fingerprint density at radius 1 is 1.47 bits per heavy atom. The molecule has 92 valence electrons. The molecule has 4 heteroatoms. The summed E-state index contributed by atoms with van der Waals surface area (Å²) in [6.07, 6.45) is 1.20. The van der Waals surface area contributed by atoms with E-state index in [1.54, 1.807) is 0 Å². The number of hydrogen-bond donors (Lipinski definition) is 1. The van der Waals surface area contributed by atoms with Crippen LogP contribution in [0.3, 0.4) is 0 Å². The first kappa shape index (κ1) is 13.1. The SMILES string of the molecule is CC1(C)CC1CNC(=O)c1ccc(Br)cc1Br. The first-order valence-corrected chi connectivity index (χ1v) is 7.22. The molecule has 1 aromatic rings. The maximum atomic E-state index is 12.0. The van der Waals surface area contributed by atoms with Gasteiger partial charge in [-0.25, -0.2) is 0 Å². The van der Waals surface area contributed by atoms with Crippen molar-refractivity contribution in [3.63, 3.8) is 0 Å². The van der Waals surface area contributed by atoms with E-state index in [0.717, 1.165) is 15.5 Å². The summed E-state index contributed by atoms with van der Waals surface area (Å²) in [5.41, 5.74) is 1.09. The fourth-order valence-corrected chi connectivity index (χ4v) is 3.14. The van der Waals surface area contributed by atoms with E-state index >= 15 is 0 Å². The summed E-state index contributed by atoms with van der Waals surface area (Å²) in [7, 11) is 0. The lowest BCUT2D eigenvalue weighted by Gasteiger charge is -2.08. The van der Waals surface area contributed by atoms with Gasteiger partial charge in [0.2, 0.25) is 0 Å². The van der Waals surface area contributed by atoms with Crippen LogP contribution < -0.4 is 5.32 Å². The minimum Gasteiger partial charge on any atom is -0.352 e.